The van der Waals surface area contributed by atoms with Gasteiger partial charge in [0.25, 0.3) is 0 Å². The predicted molar refractivity (Wildman–Crippen MR) is 92.9 cm³/mol. The third kappa shape index (κ3) is 4.11. The average Bonchev–Trinajstić information content (AvgIpc) is 3.01. The minimum Gasteiger partial charge on any atom is -0.441 e. The van der Waals surface area contributed by atoms with Crippen LogP contribution in [0.5, 0.6) is 0 Å². The number of rotatable bonds is 6. The summed E-state index contributed by atoms with van der Waals surface area (Å²) in [6.45, 7) is 3.28. The number of aromatic nitrogens is 1. The smallest absolute Gasteiger partial charge is 0.229 e. The number of benzene rings is 1. The topological polar surface area (TPSA) is 84.6 Å². The molecule has 0 spiro atoms. The summed E-state index contributed by atoms with van der Waals surface area (Å²) in [7, 11) is 0. The Morgan fingerprint density at radius 1 is 1.35 bits per heavy atom. The molecule has 2 N–H and O–H groups in total. The second-order valence-electron chi connectivity index (χ2n) is 6.73. The lowest BCUT2D eigenvalue weighted by atomic mass is 9.81. The Hall–Kier alpha value is -2.25. The first-order chi connectivity index (χ1) is 12.5. The number of aliphatic hydroxyl groups excluding tert-OH is 1. The number of aliphatic hydroxyl groups is 1. The van der Waals surface area contributed by atoms with Crippen LogP contribution in [0.1, 0.15) is 24.3 Å². The first kappa shape index (κ1) is 18.5. The molecule has 1 amide bonds. The van der Waals surface area contributed by atoms with Crippen LogP contribution in [0.25, 0.3) is 11.5 Å². The third-order valence-corrected chi connectivity index (χ3v) is 4.87. The molecule has 0 aliphatic carbocycles. The van der Waals surface area contributed by atoms with Crippen LogP contribution in [0, 0.1) is 18.2 Å². The third-order valence-electron chi connectivity index (χ3n) is 4.87. The fraction of sp³-hybridized carbons (Fsp3) is 0.474. The Labute approximate surface area is 151 Å². The van der Waals surface area contributed by atoms with Gasteiger partial charge >= 0.3 is 0 Å². The zero-order valence-corrected chi connectivity index (χ0v) is 14.8. The number of nitrogens with one attached hydrogen (secondary N) is 1. The van der Waals surface area contributed by atoms with E-state index >= 15 is 0 Å². The van der Waals surface area contributed by atoms with Gasteiger partial charge in [-0.15, -0.1) is 0 Å². The second-order valence-corrected chi connectivity index (χ2v) is 6.73. The standard InChI is InChI=1S/C19H23FN2O4/c1-13-16(22-18(26-13)14-4-2-3-5-15(14)20)10-17(24)21-11-19(12-23)6-8-25-9-7-19/h2-5,23H,6-12H2,1H3,(H,21,24). The minimum atomic E-state index is -0.422. The second kappa shape index (κ2) is 7.97. The summed E-state index contributed by atoms with van der Waals surface area (Å²) in [5, 5.41) is 12.5. The number of halogens is 1. The van der Waals surface area contributed by atoms with Crippen LogP contribution < -0.4 is 5.32 Å². The normalized spacial score (nSPS) is 16.4. The molecule has 0 saturated carbocycles. The van der Waals surface area contributed by atoms with Crippen LogP contribution in [0.4, 0.5) is 4.39 Å². The Bertz CT molecular complexity index is 769. The Kier molecular flexibility index (Phi) is 5.68. The van der Waals surface area contributed by atoms with Gasteiger partial charge in [0, 0.05) is 25.2 Å². The molecule has 26 heavy (non-hydrogen) atoms. The molecule has 0 unspecified atom stereocenters. The molecule has 7 heteroatoms. The van der Waals surface area contributed by atoms with E-state index in [0.29, 0.717) is 44.1 Å². The van der Waals surface area contributed by atoms with Crippen molar-refractivity contribution in [2.45, 2.75) is 26.2 Å². The van der Waals surface area contributed by atoms with E-state index < -0.39 is 5.82 Å². The zero-order valence-electron chi connectivity index (χ0n) is 14.8. The molecule has 1 aliphatic rings. The molecule has 0 atom stereocenters. The van der Waals surface area contributed by atoms with Crippen LogP contribution in [0.15, 0.2) is 28.7 Å². The van der Waals surface area contributed by atoms with Gasteiger partial charge in [0.2, 0.25) is 11.8 Å². The highest BCUT2D eigenvalue weighted by Gasteiger charge is 2.32. The molecule has 1 fully saturated rings. The fourth-order valence-electron chi connectivity index (χ4n) is 3.04. The number of amides is 1. The molecule has 0 radical (unpaired) electrons. The van der Waals surface area contributed by atoms with E-state index in [9.17, 15) is 14.3 Å². The highest BCUT2D eigenvalue weighted by atomic mass is 19.1. The van der Waals surface area contributed by atoms with Crippen molar-refractivity contribution >= 4 is 5.91 Å². The Morgan fingerprint density at radius 3 is 2.77 bits per heavy atom. The van der Waals surface area contributed by atoms with E-state index in [4.69, 9.17) is 9.15 Å². The lowest BCUT2D eigenvalue weighted by molar-refractivity contribution is -0.121. The maximum Gasteiger partial charge on any atom is 0.229 e. The van der Waals surface area contributed by atoms with E-state index in [1.807, 2.05) is 0 Å². The average molecular weight is 362 g/mol. The molecule has 6 nitrogen and oxygen atoms in total. The molecule has 140 valence electrons. The van der Waals surface area contributed by atoms with Crippen molar-refractivity contribution in [2.75, 3.05) is 26.4 Å². The van der Waals surface area contributed by atoms with Crippen LogP contribution in [-0.4, -0.2) is 42.4 Å². The van der Waals surface area contributed by atoms with E-state index in [2.05, 4.69) is 10.3 Å². The molecule has 1 aromatic heterocycles. The maximum absolute atomic E-state index is 13.9. The van der Waals surface area contributed by atoms with Gasteiger partial charge in [0.05, 0.1) is 24.3 Å². The van der Waals surface area contributed by atoms with Crippen molar-refractivity contribution in [3.63, 3.8) is 0 Å². The summed E-state index contributed by atoms with van der Waals surface area (Å²) >= 11 is 0. The van der Waals surface area contributed by atoms with E-state index in [1.165, 1.54) is 6.07 Å². The molecular weight excluding hydrogens is 339 g/mol. The number of ether oxygens (including phenoxy) is 1. The molecule has 1 aromatic carbocycles. The monoisotopic (exact) mass is 362 g/mol. The molecular formula is C19H23FN2O4. The van der Waals surface area contributed by atoms with Crippen molar-refractivity contribution in [1.29, 1.82) is 0 Å². The molecule has 1 saturated heterocycles. The SMILES string of the molecule is Cc1oc(-c2ccccc2F)nc1CC(=O)NCC1(CO)CCOCC1. The first-order valence-corrected chi connectivity index (χ1v) is 8.69. The van der Waals surface area contributed by atoms with E-state index in [1.54, 1.807) is 25.1 Å². The predicted octanol–water partition coefficient (Wildman–Crippen LogP) is 2.24. The number of carbonyl (C=O) groups excluding carboxylic acids is 1. The first-order valence-electron chi connectivity index (χ1n) is 8.69. The Balaban J connectivity index is 1.64. The minimum absolute atomic E-state index is 0.0110. The van der Waals surface area contributed by atoms with Crippen LogP contribution in [-0.2, 0) is 16.0 Å². The summed E-state index contributed by atoms with van der Waals surface area (Å²) in [5.74, 6) is 0.0240. The van der Waals surface area contributed by atoms with Gasteiger partial charge in [0.15, 0.2) is 0 Å². The molecule has 3 rings (SSSR count). The van der Waals surface area contributed by atoms with Gasteiger partial charge in [-0.1, -0.05) is 12.1 Å². The molecule has 0 bridgehead atoms. The van der Waals surface area contributed by atoms with Gasteiger partial charge in [-0.05, 0) is 31.9 Å². The summed E-state index contributed by atoms with van der Waals surface area (Å²) in [5.41, 5.74) is 0.417. The summed E-state index contributed by atoms with van der Waals surface area (Å²) in [4.78, 5) is 16.6. The lowest BCUT2D eigenvalue weighted by Crippen LogP contribution is -2.44. The van der Waals surface area contributed by atoms with Crippen LogP contribution in [0.3, 0.4) is 0 Å². The number of hydrogen-bond acceptors (Lipinski definition) is 5. The van der Waals surface area contributed by atoms with Crippen molar-refractivity contribution in [3.05, 3.63) is 41.5 Å². The van der Waals surface area contributed by atoms with Gasteiger partial charge in [0.1, 0.15) is 11.6 Å². The Morgan fingerprint density at radius 2 is 2.08 bits per heavy atom. The molecule has 2 heterocycles. The van der Waals surface area contributed by atoms with Crippen molar-refractivity contribution < 1.29 is 23.4 Å². The van der Waals surface area contributed by atoms with Crippen molar-refractivity contribution in [1.82, 2.24) is 10.3 Å². The van der Waals surface area contributed by atoms with Gasteiger partial charge in [-0.2, -0.15) is 0 Å². The largest absolute Gasteiger partial charge is 0.441 e. The number of hydrogen-bond donors (Lipinski definition) is 2. The van der Waals surface area contributed by atoms with Gasteiger partial charge in [-0.3, -0.25) is 4.79 Å². The quantitative estimate of drug-likeness (QED) is 0.823. The van der Waals surface area contributed by atoms with E-state index in [-0.39, 0.29) is 35.8 Å². The number of nitrogens with zero attached hydrogens (tertiary/aromatic N) is 1. The highest BCUT2D eigenvalue weighted by molar-refractivity contribution is 5.78. The van der Waals surface area contributed by atoms with Gasteiger partial charge < -0.3 is 19.6 Å². The lowest BCUT2D eigenvalue weighted by Gasteiger charge is -2.35. The number of aryl methyl sites for hydroxylation is 1. The number of carbonyl (C=O) groups is 1. The summed E-state index contributed by atoms with van der Waals surface area (Å²) < 4.78 is 24.7. The highest BCUT2D eigenvalue weighted by Crippen LogP contribution is 2.29. The summed E-state index contributed by atoms with van der Waals surface area (Å²) in [6.07, 6.45) is 1.47. The maximum atomic E-state index is 13.9. The van der Waals surface area contributed by atoms with Crippen LogP contribution >= 0.6 is 0 Å². The van der Waals surface area contributed by atoms with Gasteiger partial charge in [-0.25, -0.2) is 9.37 Å². The fourth-order valence-corrected chi connectivity index (χ4v) is 3.04. The van der Waals surface area contributed by atoms with E-state index in [0.717, 1.165) is 0 Å². The summed E-state index contributed by atoms with van der Waals surface area (Å²) in [6, 6.07) is 6.22. The molecule has 2 aromatic rings. The van der Waals surface area contributed by atoms with Crippen molar-refractivity contribution in [2.24, 2.45) is 5.41 Å². The van der Waals surface area contributed by atoms with Crippen molar-refractivity contribution in [3.8, 4) is 11.5 Å². The zero-order chi connectivity index (χ0) is 18.6. The van der Waals surface area contributed by atoms with Crippen LogP contribution in [0.2, 0.25) is 0 Å². The number of oxazole rings is 1. The molecule has 1 aliphatic heterocycles.